The molecule has 5 nitrogen and oxygen atoms in total. The maximum atomic E-state index is 13.6. The molecule has 1 aromatic carbocycles. The molecule has 2 aromatic rings. The Morgan fingerprint density at radius 2 is 2.10 bits per heavy atom. The van der Waals surface area contributed by atoms with E-state index >= 15 is 0 Å². The lowest BCUT2D eigenvalue weighted by Gasteiger charge is -2.08. The summed E-state index contributed by atoms with van der Waals surface area (Å²) < 4.78 is 26.7. The van der Waals surface area contributed by atoms with E-state index in [2.05, 4.69) is 10.3 Å². The zero-order valence-corrected chi connectivity index (χ0v) is 10.3. The standard InChI is InChI=1S/C13H11F2N3O2/c14-10-3-4-11(18(19)20)13(12(10)15)17-7-5-9-2-1-6-16-8-9/h1-4,6,8,17H,5,7H2. The van der Waals surface area contributed by atoms with Crippen LogP contribution in [0.15, 0.2) is 36.7 Å². The van der Waals surface area contributed by atoms with Crippen LogP contribution in [-0.2, 0) is 6.42 Å². The highest BCUT2D eigenvalue weighted by molar-refractivity contribution is 5.62. The van der Waals surface area contributed by atoms with Gasteiger partial charge in [-0.25, -0.2) is 8.78 Å². The maximum absolute atomic E-state index is 13.6. The van der Waals surface area contributed by atoms with Crippen molar-refractivity contribution in [2.45, 2.75) is 6.42 Å². The second-order valence-electron chi connectivity index (χ2n) is 4.05. The molecule has 20 heavy (non-hydrogen) atoms. The van der Waals surface area contributed by atoms with Crippen molar-refractivity contribution in [1.82, 2.24) is 4.98 Å². The smallest absolute Gasteiger partial charge is 0.295 e. The van der Waals surface area contributed by atoms with Gasteiger partial charge in [-0.2, -0.15) is 0 Å². The Bertz CT molecular complexity index is 621. The van der Waals surface area contributed by atoms with Gasteiger partial charge in [0.1, 0.15) is 0 Å². The van der Waals surface area contributed by atoms with Gasteiger partial charge in [0, 0.05) is 25.0 Å². The van der Waals surface area contributed by atoms with Crippen molar-refractivity contribution in [2.24, 2.45) is 0 Å². The molecule has 1 aromatic heterocycles. The largest absolute Gasteiger partial charge is 0.377 e. The highest BCUT2D eigenvalue weighted by atomic mass is 19.2. The molecular formula is C13H11F2N3O2. The van der Waals surface area contributed by atoms with Crippen LogP contribution in [0.2, 0.25) is 0 Å². The average Bonchev–Trinajstić information content (AvgIpc) is 2.44. The fourth-order valence-electron chi connectivity index (χ4n) is 1.74. The molecule has 1 heterocycles. The molecule has 0 spiro atoms. The van der Waals surface area contributed by atoms with E-state index in [9.17, 15) is 18.9 Å². The van der Waals surface area contributed by atoms with Gasteiger partial charge in [0.05, 0.1) is 4.92 Å². The Labute approximate surface area is 113 Å². The molecule has 2 rings (SSSR count). The topological polar surface area (TPSA) is 68.1 Å². The van der Waals surface area contributed by atoms with Gasteiger partial charge in [0.15, 0.2) is 17.3 Å². The molecule has 1 N–H and O–H groups in total. The Balaban J connectivity index is 2.12. The first-order chi connectivity index (χ1) is 9.59. The third-order valence-corrected chi connectivity index (χ3v) is 2.71. The molecule has 0 amide bonds. The van der Waals surface area contributed by atoms with Crippen molar-refractivity contribution in [3.63, 3.8) is 0 Å². The second-order valence-corrected chi connectivity index (χ2v) is 4.05. The lowest BCUT2D eigenvalue weighted by molar-refractivity contribution is -0.384. The fraction of sp³-hybridized carbons (Fsp3) is 0.154. The van der Waals surface area contributed by atoms with E-state index in [0.717, 1.165) is 17.7 Å². The molecule has 0 saturated heterocycles. The quantitative estimate of drug-likeness (QED) is 0.675. The zero-order valence-electron chi connectivity index (χ0n) is 10.3. The van der Waals surface area contributed by atoms with Crippen molar-refractivity contribution in [2.75, 3.05) is 11.9 Å². The summed E-state index contributed by atoms with van der Waals surface area (Å²) in [6.07, 6.45) is 3.74. The first-order valence-corrected chi connectivity index (χ1v) is 5.84. The van der Waals surface area contributed by atoms with E-state index in [-0.39, 0.29) is 6.54 Å². The van der Waals surface area contributed by atoms with Crippen LogP contribution in [0.3, 0.4) is 0 Å². The van der Waals surface area contributed by atoms with Gasteiger partial charge >= 0.3 is 0 Å². The number of benzene rings is 1. The van der Waals surface area contributed by atoms with E-state index in [1.807, 2.05) is 6.07 Å². The lowest BCUT2D eigenvalue weighted by atomic mass is 10.2. The highest BCUT2D eigenvalue weighted by Gasteiger charge is 2.20. The van der Waals surface area contributed by atoms with Crippen LogP contribution < -0.4 is 5.32 Å². The van der Waals surface area contributed by atoms with Crippen LogP contribution in [0.5, 0.6) is 0 Å². The number of nitrogens with one attached hydrogen (secondary N) is 1. The summed E-state index contributed by atoms with van der Waals surface area (Å²) in [6.45, 7) is 0.229. The Kier molecular flexibility index (Phi) is 4.19. The summed E-state index contributed by atoms with van der Waals surface area (Å²) >= 11 is 0. The van der Waals surface area contributed by atoms with Crippen molar-refractivity contribution in [3.05, 3.63) is 64.0 Å². The van der Waals surface area contributed by atoms with Crippen molar-refractivity contribution >= 4 is 11.4 Å². The Morgan fingerprint density at radius 1 is 1.30 bits per heavy atom. The second kappa shape index (κ2) is 6.05. The number of pyridine rings is 1. The van der Waals surface area contributed by atoms with Crippen LogP contribution >= 0.6 is 0 Å². The van der Waals surface area contributed by atoms with Crippen LogP contribution in [-0.4, -0.2) is 16.5 Å². The molecule has 0 radical (unpaired) electrons. The van der Waals surface area contributed by atoms with Gasteiger partial charge in [-0.3, -0.25) is 15.1 Å². The molecule has 0 bridgehead atoms. The maximum Gasteiger partial charge on any atom is 0.295 e. The number of aromatic nitrogens is 1. The Morgan fingerprint density at radius 3 is 2.75 bits per heavy atom. The normalized spacial score (nSPS) is 10.3. The van der Waals surface area contributed by atoms with Gasteiger partial charge < -0.3 is 5.32 Å². The first kappa shape index (κ1) is 13.9. The molecule has 0 saturated carbocycles. The summed E-state index contributed by atoms with van der Waals surface area (Å²) in [7, 11) is 0. The summed E-state index contributed by atoms with van der Waals surface area (Å²) in [5, 5.41) is 13.4. The highest BCUT2D eigenvalue weighted by Crippen LogP contribution is 2.28. The van der Waals surface area contributed by atoms with Crippen LogP contribution in [0, 0.1) is 21.7 Å². The monoisotopic (exact) mass is 279 g/mol. The predicted octanol–water partition coefficient (Wildman–Crippen LogP) is 2.92. The minimum Gasteiger partial charge on any atom is -0.377 e. The summed E-state index contributed by atoms with van der Waals surface area (Å²) in [5.74, 6) is -2.37. The molecule has 0 fully saturated rings. The van der Waals surface area contributed by atoms with E-state index in [0.29, 0.717) is 6.42 Å². The van der Waals surface area contributed by atoms with Crippen molar-refractivity contribution in [1.29, 1.82) is 0 Å². The van der Waals surface area contributed by atoms with E-state index in [1.165, 1.54) is 0 Å². The van der Waals surface area contributed by atoms with Gasteiger partial charge in [0.25, 0.3) is 5.69 Å². The van der Waals surface area contributed by atoms with E-state index < -0.39 is 27.9 Å². The lowest BCUT2D eigenvalue weighted by Crippen LogP contribution is -2.09. The van der Waals surface area contributed by atoms with Gasteiger partial charge in [0.2, 0.25) is 0 Å². The summed E-state index contributed by atoms with van der Waals surface area (Å²) in [4.78, 5) is 13.9. The minimum absolute atomic E-state index is 0.229. The molecule has 0 aliphatic carbocycles. The SMILES string of the molecule is O=[N+]([O-])c1ccc(F)c(F)c1NCCc1cccnc1. The zero-order chi connectivity index (χ0) is 14.5. The van der Waals surface area contributed by atoms with E-state index in [4.69, 9.17) is 0 Å². The number of rotatable bonds is 5. The number of halogens is 2. The summed E-state index contributed by atoms with van der Waals surface area (Å²) in [5.41, 5.74) is -0.0339. The third-order valence-electron chi connectivity index (χ3n) is 2.71. The van der Waals surface area contributed by atoms with Crippen molar-refractivity contribution in [3.8, 4) is 0 Å². The van der Waals surface area contributed by atoms with Gasteiger partial charge in [-0.1, -0.05) is 6.07 Å². The number of anilines is 1. The number of hydrogen-bond acceptors (Lipinski definition) is 4. The van der Waals surface area contributed by atoms with Gasteiger partial charge in [-0.05, 0) is 24.1 Å². The van der Waals surface area contributed by atoms with Crippen molar-refractivity contribution < 1.29 is 13.7 Å². The average molecular weight is 279 g/mol. The van der Waals surface area contributed by atoms with Gasteiger partial charge in [-0.15, -0.1) is 0 Å². The van der Waals surface area contributed by atoms with Crippen LogP contribution in [0.4, 0.5) is 20.2 Å². The van der Waals surface area contributed by atoms with Crippen LogP contribution in [0.25, 0.3) is 0 Å². The summed E-state index contributed by atoms with van der Waals surface area (Å²) in [6, 6.07) is 5.25. The first-order valence-electron chi connectivity index (χ1n) is 5.84. The Hall–Kier alpha value is -2.57. The predicted molar refractivity (Wildman–Crippen MR) is 69.4 cm³/mol. The fourth-order valence-corrected chi connectivity index (χ4v) is 1.74. The molecule has 7 heteroatoms. The number of nitro benzene ring substituents is 1. The molecule has 0 unspecified atom stereocenters. The number of nitrogens with zero attached hydrogens (tertiary/aromatic N) is 2. The molecule has 104 valence electrons. The number of hydrogen-bond donors (Lipinski definition) is 1. The molecule has 0 aliphatic heterocycles. The number of nitro groups is 1. The van der Waals surface area contributed by atoms with Crippen LogP contribution in [0.1, 0.15) is 5.56 Å². The van der Waals surface area contributed by atoms with E-state index in [1.54, 1.807) is 18.5 Å². The molecule has 0 atom stereocenters. The molecular weight excluding hydrogens is 268 g/mol. The minimum atomic E-state index is -1.25. The molecule has 0 aliphatic rings. The third kappa shape index (κ3) is 3.05.